The fourth-order valence-corrected chi connectivity index (χ4v) is 3.02. The second-order valence-electron chi connectivity index (χ2n) is 3.37. The predicted molar refractivity (Wildman–Crippen MR) is 56.5 cm³/mol. The Morgan fingerprint density at radius 3 is 3.50 bits per heavy atom. The van der Waals surface area contributed by atoms with Crippen LogP contribution in [0.2, 0.25) is 0 Å². The molecule has 3 heterocycles. The van der Waals surface area contributed by atoms with E-state index in [4.69, 9.17) is 0 Å². The molecule has 3 rings (SSSR count). The van der Waals surface area contributed by atoms with Crippen LogP contribution in [0.5, 0.6) is 0 Å². The van der Waals surface area contributed by atoms with E-state index in [1.54, 1.807) is 24.2 Å². The summed E-state index contributed by atoms with van der Waals surface area (Å²) in [6, 6.07) is 1.96. The van der Waals surface area contributed by atoms with Gasteiger partial charge in [0.2, 0.25) is 5.91 Å². The van der Waals surface area contributed by atoms with Crippen molar-refractivity contribution in [2.45, 2.75) is 6.04 Å². The Hall–Kier alpha value is -1.23. The monoisotopic (exact) mass is 207 g/mol. The summed E-state index contributed by atoms with van der Waals surface area (Å²) in [5, 5.41) is 2.87. The van der Waals surface area contributed by atoms with Gasteiger partial charge in [0.1, 0.15) is 6.04 Å². The summed E-state index contributed by atoms with van der Waals surface area (Å²) in [7, 11) is 0. The summed E-state index contributed by atoms with van der Waals surface area (Å²) in [6.07, 6.45) is 3.46. The Bertz CT molecular complexity index is 395. The van der Waals surface area contributed by atoms with Gasteiger partial charge in [-0.05, 0) is 6.07 Å². The van der Waals surface area contributed by atoms with Crippen LogP contribution in [0.4, 0.5) is 11.4 Å². The number of fused-ring (bicyclic) bond motifs is 3. The van der Waals surface area contributed by atoms with Crippen molar-refractivity contribution in [1.82, 2.24) is 4.98 Å². The molecule has 1 aromatic heterocycles. The number of rotatable bonds is 0. The topological polar surface area (TPSA) is 45.2 Å². The molecule has 1 aromatic rings. The lowest BCUT2D eigenvalue weighted by molar-refractivity contribution is -0.117. The molecule has 1 fully saturated rings. The lowest BCUT2D eigenvalue weighted by atomic mass is 10.1. The third kappa shape index (κ3) is 1.02. The van der Waals surface area contributed by atoms with Crippen LogP contribution in [0.1, 0.15) is 0 Å². The van der Waals surface area contributed by atoms with Crippen LogP contribution < -0.4 is 10.2 Å². The highest BCUT2D eigenvalue weighted by molar-refractivity contribution is 7.99. The van der Waals surface area contributed by atoms with Gasteiger partial charge in [0.25, 0.3) is 0 Å². The van der Waals surface area contributed by atoms with Gasteiger partial charge in [-0.3, -0.25) is 9.78 Å². The quantitative estimate of drug-likeness (QED) is 0.687. The zero-order valence-corrected chi connectivity index (χ0v) is 8.25. The molecule has 5 heteroatoms. The number of carbonyl (C=O) groups excluding carboxylic acids is 1. The van der Waals surface area contributed by atoms with Gasteiger partial charge < -0.3 is 10.2 Å². The third-order valence-corrected chi connectivity index (χ3v) is 3.56. The van der Waals surface area contributed by atoms with Crippen LogP contribution >= 0.6 is 11.8 Å². The maximum Gasteiger partial charge on any atom is 0.248 e. The summed E-state index contributed by atoms with van der Waals surface area (Å²) in [4.78, 5) is 17.8. The average molecular weight is 207 g/mol. The number of nitrogens with one attached hydrogen (secondary N) is 1. The molecular weight excluding hydrogens is 198 g/mol. The number of hydrogen-bond acceptors (Lipinski definition) is 4. The summed E-state index contributed by atoms with van der Waals surface area (Å²) >= 11 is 1.79. The van der Waals surface area contributed by atoms with Crippen molar-refractivity contribution in [1.29, 1.82) is 0 Å². The lowest BCUT2D eigenvalue weighted by Crippen LogP contribution is -2.45. The van der Waals surface area contributed by atoms with Crippen molar-refractivity contribution in [2.24, 2.45) is 0 Å². The molecule has 2 aliphatic heterocycles. The fourth-order valence-electron chi connectivity index (χ4n) is 1.85. The number of carbonyl (C=O) groups is 1. The molecule has 14 heavy (non-hydrogen) atoms. The number of aromatic nitrogens is 1. The van der Waals surface area contributed by atoms with Gasteiger partial charge in [0, 0.05) is 11.9 Å². The lowest BCUT2D eigenvalue weighted by Gasteiger charge is -2.31. The van der Waals surface area contributed by atoms with Gasteiger partial charge in [-0.1, -0.05) is 0 Å². The standard InChI is InChI=1S/C9H9N3OS/c13-9-8-4-14-5-12(8)7-1-2-10-3-6(7)11-9/h1-3,8H,4-5H2,(H,11,13)/t8-/m1/s1. The molecule has 0 radical (unpaired) electrons. The van der Waals surface area contributed by atoms with Crippen molar-refractivity contribution in [3.63, 3.8) is 0 Å². The highest BCUT2D eigenvalue weighted by Gasteiger charge is 2.36. The maximum atomic E-state index is 11.6. The van der Waals surface area contributed by atoms with Gasteiger partial charge >= 0.3 is 0 Å². The first kappa shape index (κ1) is 8.11. The van der Waals surface area contributed by atoms with Crippen molar-refractivity contribution in [2.75, 3.05) is 21.8 Å². The molecule has 0 bridgehead atoms. The number of hydrogen-bond donors (Lipinski definition) is 1. The van der Waals surface area contributed by atoms with Crippen LogP contribution in [0.25, 0.3) is 0 Å². The highest BCUT2D eigenvalue weighted by Crippen LogP contribution is 2.36. The molecule has 1 amide bonds. The minimum Gasteiger partial charge on any atom is -0.348 e. The Kier molecular flexibility index (Phi) is 1.67. The normalized spacial score (nSPS) is 24.1. The summed E-state index contributed by atoms with van der Waals surface area (Å²) in [5.74, 6) is 1.87. The fraction of sp³-hybridized carbons (Fsp3) is 0.333. The van der Waals surface area contributed by atoms with Crippen molar-refractivity contribution < 1.29 is 4.79 Å². The molecule has 0 unspecified atom stereocenters. The van der Waals surface area contributed by atoms with E-state index < -0.39 is 0 Å². The van der Waals surface area contributed by atoms with E-state index >= 15 is 0 Å². The first-order valence-electron chi connectivity index (χ1n) is 4.45. The van der Waals surface area contributed by atoms with Crippen LogP contribution in [0.15, 0.2) is 18.5 Å². The molecule has 0 spiro atoms. The second-order valence-corrected chi connectivity index (χ2v) is 4.37. The first-order chi connectivity index (χ1) is 6.86. The molecule has 0 saturated carbocycles. The largest absolute Gasteiger partial charge is 0.348 e. The Morgan fingerprint density at radius 1 is 1.64 bits per heavy atom. The van der Waals surface area contributed by atoms with Crippen LogP contribution in [-0.4, -0.2) is 28.6 Å². The van der Waals surface area contributed by atoms with Gasteiger partial charge in [-0.25, -0.2) is 0 Å². The molecular formula is C9H9N3OS. The molecule has 0 aromatic carbocycles. The van der Waals surface area contributed by atoms with E-state index in [-0.39, 0.29) is 11.9 Å². The molecule has 4 nitrogen and oxygen atoms in total. The van der Waals surface area contributed by atoms with Crippen LogP contribution in [0, 0.1) is 0 Å². The van der Waals surface area contributed by atoms with Gasteiger partial charge in [-0.15, -0.1) is 11.8 Å². The van der Waals surface area contributed by atoms with Crippen LogP contribution in [0.3, 0.4) is 0 Å². The summed E-state index contributed by atoms with van der Waals surface area (Å²) in [6.45, 7) is 0. The number of thioether (sulfide) groups is 1. The Morgan fingerprint density at radius 2 is 2.57 bits per heavy atom. The predicted octanol–water partition coefficient (Wildman–Crippen LogP) is 0.913. The first-order valence-corrected chi connectivity index (χ1v) is 5.61. The molecule has 2 aliphatic rings. The third-order valence-electron chi connectivity index (χ3n) is 2.55. The second kappa shape index (κ2) is 2.88. The minimum absolute atomic E-state index is 0.00917. The molecule has 0 aliphatic carbocycles. The van der Waals surface area contributed by atoms with Crippen molar-refractivity contribution in [3.05, 3.63) is 18.5 Å². The van der Waals surface area contributed by atoms with Crippen LogP contribution in [-0.2, 0) is 4.79 Å². The Labute approximate surface area is 85.7 Å². The highest BCUT2D eigenvalue weighted by atomic mass is 32.2. The van der Waals surface area contributed by atoms with Crippen molar-refractivity contribution in [3.8, 4) is 0 Å². The van der Waals surface area contributed by atoms with Gasteiger partial charge in [-0.2, -0.15) is 0 Å². The molecule has 1 saturated heterocycles. The minimum atomic E-state index is 0.00917. The maximum absolute atomic E-state index is 11.6. The van der Waals surface area contributed by atoms with Gasteiger partial charge in [0.05, 0.1) is 23.4 Å². The zero-order valence-electron chi connectivity index (χ0n) is 7.43. The molecule has 1 N–H and O–H groups in total. The SMILES string of the molecule is O=C1Nc2cnccc2N2CSC[C@H]12. The Balaban J connectivity index is 2.11. The van der Waals surface area contributed by atoms with E-state index in [1.807, 2.05) is 6.07 Å². The summed E-state index contributed by atoms with van der Waals surface area (Å²) in [5.41, 5.74) is 1.92. The average Bonchev–Trinajstić information content (AvgIpc) is 2.67. The summed E-state index contributed by atoms with van der Waals surface area (Å²) < 4.78 is 0. The molecule has 72 valence electrons. The van der Waals surface area contributed by atoms with E-state index in [2.05, 4.69) is 15.2 Å². The van der Waals surface area contributed by atoms with E-state index in [0.717, 1.165) is 23.0 Å². The smallest absolute Gasteiger partial charge is 0.248 e. The molecule has 1 atom stereocenters. The van der Waals surface area contributed by atoms with E-state index in [0.29, 0.717) is 0 Å². The zero-order chi connectivity index (χ0) is 9.54. The van der Waals surface area contributed by atoms with E-state index in [9.17, 15) is 4.79 Å². The van der Waals surface area contributed by atoms with Gasteiger partial charge in [0.15, 0.2) is 0 Å². The van der Waals surface area contributed by atoms with Crippen molar-refractivity contribution >= 4 is 29.0 Å². The number of amides is 1. The number of anilines is 2. The van der Waals surface area contributed by atoms with E-state index in [1.165, 1.54) is 0 Å². The number of nitrogens with zero attached hydrogens (tertiary/aromatic N) is 2. The number of pyridine rings is 1.